The van der Waals surface area contributed by atoms with E-state index in [0.717, 1.165) is 11.4 Å². The summed E-state index contributed by atoms with van der Waals surface area (Å²) in [5.41, 5.74) is 9.94. The Morgan fingerprint density at radius 2 is 2.18 bits per heavy atom. The Morgan fingerprint density at radius 1 is 1.36 bits per heavy atom. The maximum absolute atomic E-state index is 5.72. The third-order valence-electron chi connectivity index (χ3n) is 2.68. The van der Waals surface area contributed by atoms with Gasteiger partial charge in [0.15, 0.2) is 5.11 Å². The number of nitrogens with one attached hydrogen (secondary N) is 2. The molecule has 0 radical (unpaired) electrons. The van der Waals surface area contributed by atoms with Crippen molar-refractivity contribution in [2.24, 2.45) is 5.10 Å². The van der Waals surface area contributed by atoms with E-state index in [0.29, 0.717) is 23.1 Å². The van der Waals surface area contributed by atoms with E-state index in [9.17, 15) is 0 Å². The highest BCUT2D eigenvalue weighted by Crippen LogP contribution is 2.23. The zero-order valence-electron chi connectivity index (χ0n) is 12.1. The van der Waals surface area contributed by atoms with Crippen LogP contribution in [0.1, 0.15) is 12.5 Å². The molecule has 1 aromatic carbocycles. The van der Waals surface area contributed by atoms with Crippen molar-refractivity contribution in [3.63, 3.8) is 0 Å². The molecule has 114 valence electrons. The molecular weight excluding hydrogens is 298 g/mol. The molecule has 0 atom stereocenters. The van der Waals surface area contributed by atoms with E-state index in [4.69, 9.17) is 22.7 Å². The van der Waals surface area contributed by atoms with Crippen LogP contribution in [0.4, 0.5) is 11.5 Å². The normalized spacial score (nSPS) is 10.4. The number of anilines is 2. The molecule has 4 N–H and O–H groups in total. The Balaban J connectivity index is 1.95. The lowest BCUT2D eigenvalue weighted by molar-refractivity contribution is 0.342. The number of aromatic nitrogens is 1. The molecule has 0 amide bonds. The van der Waals surface area contributed by atoms with Gasteiger partial charge in [-0.2, -0.15) is 5.10 Å². The first-order chi connectivity index (χ1) is 10.7. The molecule has 0 unspecified atom stereocenters. The zero-order chi connectivity index (χ0) is 15.8. The number of ether oxygens (including phenoxy) is 1. The van der Waals surface area contributed by atoms with Gasteiger partial charge in [-0.05, 0) is 43.4 Å². The second kappa shape index (κ2) is 7.94. The van der Waals surface area contributed by atoms with Crippen molar-refractivity contribution in [2.45, 2.75) is 6.92 Å². The van der Waals surface area contributed by atoms with Crippen molar-refractivity contribution in [1.29, 1.82) is 0 Å². The minimum Gasteiger partial charge on any atom is -0.492 e. The van der Waals surface area contributed by atoms with Gasteiger partial charge >= 0.3 is 0 Å². The molecule has 0 aliphatic carbocycles. The molecule has 0 aliphatic rings. The molecule has 7 heteroatoms. The fourth-order valence-corrected chi connectivity index (χ4v) is 1.86. The number of nitrogen functional groups attached to an aromatic ring is 1. The van der Waals surface area contributed by atoms with Crippen LogP contribution in [0.3, 0.4) is 0 Å². The number of nitrogens with two attached hydrogens (primary N) is 1. The number of benzene rings is 1. The number of pyridine rings is 1. The monoisotopic (exact) mass is 315 g/mol. The van der Waals surface area contributed by atoms with Gasteiger partial charge in [-0.1, -0.05) is 12.1 Å². The lowest BCUT2D eigenvalue weighted by Crippen LogP contribution is -2.24. The van der Waals surface area contributed by atoms with Gasteiger partial charge in [0.1, 0.15) is 11.6 Å². The van der Waals surface area contributed by atoms with Crippen LogP contribution in [0.25, 0.3) is 0 Å². The van der Waals surface area contributed by atoms with E-state index in [2.05, 4.69) is 20.8 Å². The number of hydrazone groups is 1. The summed E-state index contributed by atoms with van der Waals surface area (Å²) in [7, 11) is 0. The van der Waals surface area contributed by atoms with Crippen molar-refractivity contribution < 1.29 is 4.74 Å². The van der Waals surface area contributed by atoms with Gasteiger partial charge in [0, 0.05) is 11.8 Å². The van der Waals surface area contributed by atoms with Crippen molar-refractivity contribution in [3.05, 3.63) is 48.2 Å². The molecule has 0 saturated carbocycles. The minimum absolute atomic E-state index is 0.353. The topological polar surface area (TPSA) is 84.6 Å². The van der Waals surface area contributed by atoms with E-state index in [1.165, 1.54) is 0 Å². The number of rotatable bonds is 5. The highest BCUT2D eigenvalue weighted by molar-refractivity contribution is 7.80. The van der Waals surface area contributed by atoms with Crippen molar-refractivity contribution in [1.82, 2.24) is 10.4 Å². The van der Waals surface area contributed by atoms with Gasteiger partial charge in [-0.3, -0.25) is 5.43 Å². The summed E-state index contributed by atoms with van der Waals surface area (Å²) in [6.07, 6.45) is 3.18. The van der Waals surface area contributed by atoms with E-state index < -0.39 is 0 Å². The van der Waals surface area contributed by atoms with Crippen LogP contribution < -0.4 is 21.2 Å². The Bertz CT molecular complexity index is 674. The average Bonchev–Trinajstić information content (AvgIpc) is 2.51. The Kier molecular flexibility index (Phi) is 5.67. The standard InChI is InChI=1S/C15H17N5OS/c1-2-21-13-8-4-3-7-12(13)19-15(22)20-18-10-11-6-5-9-17-14(11)16/h3-10H,2H2,1H3,(H2,16,17)(H2,19,20,22)/b18-10+. The highest BCUT2D eigenvalue weighted by atomic mass is 32.1. The first-order valence-electron chi connectivity index (χ1n) is 6.73. The Morgan fingerprint density at radius 3 is 2.95 bits per heavy atom. The van der Waals surface area contributed by atoms with E-state index in [-0.39, 0.29) is 0 Å². The highest BCUT2D eigenvalue weighted by Gasteiger charge is 2.03. The number of para-hydroxylation sites is 2. The second-order valence-electron chi connectivity index (χ2n) is 4.23. The maximum Gasteiger partial charge on any atom is 0.191 e. The van der Waals surface area contributed by atoms with Crippen LogP contribution in [0.15, 0.2) is 47.7 Å². The summed E-state index contributed by atoms with van der Waals surface area (Å²) >= 11 is 5.19. The smallest absolute Gasteiger partial charge is 0.191 e. The molecule has 0 aliphatic heterocycles. The maximum atomic E-state index is 5.72. The van der Waals surface area contributed by atoms with E-state index >= 15 is 0 Å². The quantitative estimate of drug-likeness (QED) is 0.446. The van der Waals surface area contributed by atoms with Crippen LogP contribution in [-0.4, -0.2) is 22.9 Å². The molecule has 2 rings (SSSR count). The SMILES string of the molecule is CCOc1ccccc1NC(=S)N/N=C/c1cccnc1N. The van der Waals surface area contributed by atoms with Gasteiger partial charge < -0.3 is 15.8 Å². The largest absolute Gasteiger partial charge is 0.492 e. The first kappa shape index (κ1) is 15.7. The molecule has 1 aromatic heterocycles. The van der Waals surface area contributed by atoms with Crippen LogP contribution in [0.2, 0.25) is 0 Å². The van der Waals surface area contributed by atoms with Crippen LogP contribution in [-0.2, 0) is 0 Å². The predicted octanol–water partition coefficient (Wildman–Crippen LogP) is 2.38. The number of nitrogens with zero attached hydrogens (tertiary/aromatic N) is 2. The summed E-state index contributed by atoms with van der Waals surface area (Å²) in [6.45, 7) is 2.51. The second-order valence-corrected chi connectivity index (χ2v) is 4.64. The number of thiocarbonyl (C=S) groups is 1. The van der Waals surface area contributed by atoms with Gasteiger partial charge in [-0.15, -0.1) is 0 Å². The molecule has 1 heterocycles. The molecule has 0 fully saturated rings. The van der Waals surface area contributed by atoms with Gasteiger partial charge in [-0.25, -0.2) is 4.98 Å². The Labute approximate surface area is 134 Å². The van der Waals surface area contributed by atoms with Crippen molar-refractivity contribution in [2.75, 3.05) is 17.7 Å². The van der Waals surface area contributed by atoms with Crippen LogP contribution in [0.5, 0.6) is 5.75 Å². The van der Waals surface area contributed by atoms with Gasteiger partial charge in [0.05, 0.1) is 18.5 Å². The summed E-state index contributed by atoms with van der Waals surface area (Å²) in [5, 5.41) is 7.42. The van der Waals surface area contributed by atoms with Crippen molar-refractivity contribution in [3.8, 4) is 5.75 Å². The molecule has 2 aromatic rings. The molecule has 22 heavy (non-hydrogen) atoms. The third kappa shape index (κ3) is 4.42. The van der Waals surface area contributed by atoms with Crippen LogP contribution >= 0.6 is 12.2 Å². The van der Waals surface area contributed by atoms with Gasteiger partial charge in [0.25, 0.3) is 0 Å². The Hall–Kier alpha value is -2.67. The van der Waals surface area contributed by atoms with Crippen LogP contribution in [0, 0.1) is 0 Å². The lowest BCUT2D eigenvalue weighted by Gasteiger charge is -2.12. The van der Waals surface area contributed by atoms with Crippen molar-refractivity contribution >= 4 is 35.1 Å². The summed E-state index contributed by atoms with van der Waals surface area (Å²) < 4.78 is 5.51. The number of hydrogen-bond donors (Lipinski definition) is 3. The summed E-state index contributed by atoms with van der Waals surface area (Å²) in [5.74, 6) is 1.14. The fourth-order valence-electron chi connectivity index (χ4n) is 1.70. The number of hydrogen-bond acceptors (Lipinski definition) is 5. The molecule has 6 nitrogen and oxygen atoms in total. The van der Waals surface area contributed by atoms with E-state index in [1.54, 1.807) is 18.5 Å². The predicted molar refractivity (Wildman–Crippen MR) is 93.2 cm³/mol. The molecule has 0 saturated heterocycles. The molecule has 0 bridgehead atoms. The summed E-state index contributed by atoms with van der Waals surface area (Å²) in [6, 6.07) is 11.1. The fraction of sp³-hybridized carbons (Fsp3) is 0.133. The minimum atomic E-state index is 0.353. The molecular formula is C15H17N5OS. The zero-order valence-corrected chi connectivity index (χ0v) is 12.9. The third-order valence-corrected chi connectivity index (χ3v) is 2.87. The van der Waals surface area contributed by atoms with E-state index in [1.807, 2.05) is 37.3 Å². The first-order valence-corrected chi connectivity index (χ1v) is 7.14. The summed E-state index contributed by atoms with van der Waals surface area (Å²) in [4.78, 5) is 3.97. The molecule has 0 spiro atoms. The average molecular weight is 315 g/mol. The lowest BCUT2D eigenvalue weighted by atomic mass is 10.3. The van der Waals surface area contributed by atoms with Gasteiger partial charge in [0.2, 0.25) is 0 Å².